The lowest BCUT2D eigenvalue weighted by Crippen LogP contribution is -2.29. The highest BCUT2D eigenvalue weighted by molar-refractivity contribution is 5.92. The van der Waals surface area contributed by atoms with Crippen molar-refractivity contribution in [3.63, 3.8) is 0 Å². The Kier molecular flexibility index (Phi) is 2.23. The van der Waals surface area contributed by atoms with Crippen LogP contribution in [0.2, 0.25) is 0 Å². The Balaban J connectivity index is 2.07. The normalized spacial score (nSPS) is 26.9. The molecule has 0 spiro atoms. The number of aromatic amines is 1. The van der Waals surface area contributed by atoms with Gasteiger partial charge in [0.15, 0.2) is 5.69 Å². The number of nitrogens with one attached hydrogen (secondary N) is 1. The van der Waals surface area contributed by atoms with Gasteiger partial charge in [-0.1, -0.05) is 13.8 Å². The molecule has 1 aliphatic rings. The lowest BCUT2D eigenvalue weighted by Gasteiger charge is -2.13. The number of rotatable bonds is 1. The lowest BCUT2D eigenvalue weighted by atomic mass is 10.0. The van der Waals surface area contributed by atoms with Crippen molar-refractivity contribution in [2.75, 3.05) is 13.1 Å². The summed E-state index contributed by atoms with van der Waals surface area (Å²) < 4.78 is 0. The van der Waals surface area contributed by atoms with Crippen LogP contribution in [0.5, 0.6) is 0 Å². The maximum atomic E-state index is 11.8. The second-order valence-electron chi connectivity index (χ2n) is 4.02. The van der Waals surface area contributed by atoms with Crippen LogP contribution in [0.4, 0.5) is 0 Å². The van der Waals surface area contributed by atoms with Crippen molar-refractivity contribution in [3.8, 4) is 0 Å². The lowest BCUT2D eigenvalue weighted by molar-refractivity contribution is 0.0779. The minimum Gasteiger partial charge on any atom is -0.337 e. The summed E-state index contributed by atoms with van der Waals surface area (Å²) in [7, 11) is 0. The van der Waals surface area contributed by atoms with Gasteiger partial charge in [0.1, 0.15) is 0 Å². The van der Waals surface area contributed by atoms with Gasteiger partial charge >= 0.3 is 0 Å². The average molecular weight is 194 g/mol. The molecule has 2 rings (SSSR count). The van der Waals surface area contributed by atoms with Gasteiger partial charge in [0.25, 0.3) is 5.91 Å². The molecule has 1 aromatic rings. The van der Waals surface area contributed by atoms with Gasteiger partial charge in [-0.3, -0.25) is 4.79 Å². The summed E-state index contributed by atoms with van der Waals surface area (Å²) in [5, 5.41) is 9.86. The summed E-state index contributed by atoms with van der Waals surface area (Å²) in [5.74, 6) is 1.13. The summed E-state index contributed by atoms with van der Waals surface area (Å²) in [6, 6.07) is 0. The molecule has 2 unspecified atom stereocenters. The monoisotopic (exact) mass is 194 g/mol. The Hall–Kier alpha value is -1.39. The van der Waals surface area contributed by atoms with Crippen molar-refractivity contribution in [3.05, 3.63) is 11.9 Å². The summed E-state index contributed by atoms with van der Waals surface area (Å²) in [6.07, 6.45) is 1.47. The Morgan fingerprint density at radius 2 is 2.14 bits per heavy atom. The first-order chi connectivity index (χ1) is 6.68. The highest BCUT2D eigenvalue weighted by Crippen LogP contribution is 2.22. The number of carbonyl (C=O) groups is 1. The van der Waals surface area contributed by atoms with Crippen molar-refractivity contribution in [1.82, 2.24) is 20.3 Å². The quantitative estimate of drug-likeness (QED) is 0.709. The molecule has 0 aromatic carbocycles. The molecule has 1 saturated heterocycles. The number of likely N-dealkylation sites (tertiary alicyclic amines) is 1. The number of H-pyrrole nitrogens is 1. The van der Waals surface area contributed by atoms with E-state index >= 15 is 0 Å². The second-order valence-corrected chi connectivity index (χ2v) is 4.02. The van der Waals surface area contributed by atoms with Crippen LogP contribution < -0.4 is 0 Å². The highest BCUT2D eigenvalue weighted by Gasteiger charge is 2.30. The van der Waals surface area contributed by atoms with E-state index in [0.717, 1.165) is 13.1 Å². The number of nitrogens with zero attached hydrogens (tertiary/aromatic N) is 3. The van der Waals surface area contributed by atoms with E-state index in [-0.39, 0.29) is 5.91 Å². The van der Waals surface area contributed by atoms with E-state index in [2.05, 4.69) is 29.3 Å². The minimum absolute atomic E-state index is 0.0186. The number of aromatic nitrogens is 3. The molecule has 1 fully saturated rings. The predicted octanol–water partition coefficient (Wildman–Crippen LogP) is 0.533. The zero-order chi connectivity index (χ0) is 10.1. The van der Waals surface area contributed by atoms with Crippen LogP contribution in [0.3, 0.4) is 0 Å². The topological polar surface area (TPSA) is 61.9 Å². The van der Waals surface area contributed by atoms with E-state index in [4.69, 9.17) is 0 Å². The van der Waals surface area contributed by atoms with E-state index in [1.807, 2.05) is 4.90 Å². The fourth-order valence-corrected chi connectivity index (χ4v) is 1.76. The molecule has 0 aliphatic carbocycles. The predicted molar refractivity (Wildman–Crippen MR) is 50.6 cm³/mol. The Morgan fingerprint density at radius 3 is 2.64 bits per heavy atom. The van der Waals surface area contributed by atoms with Gasteiger partial charge in [-0.25, -0.2) is 0 Å². The SMILES string of the molecule is CC1CN(C(=O)c2cn[nH]n2)CC1C. The molecule has 2 atom stereocenters. The molecule has 1 amide bonds. The van der Waals surface area contributed by atoms with Crippen LogP contribution in [-0.2, 0) is 0 Å². The molecule has 1 N–H and O–H groups in total. The molecule has 1 aromatic heterocycles. The molecule has 2 heterocycles. The molecule has 5 heteroatoms. The summed E-state index contributed by atoms with van der Waals surface area (Å²) in [5.41, 5.74) is 0.409. The third-order valence-corrected chi connectivity index (χ3v) is 2.91. The number of hydrogen-bond donors (Lipinski definition) is 1. The standard InChI is InChI=1S/C9H14N4O/c1-6-4-13(5-7(6)2)9(14)8-3-10-12-11-8/h3,6-7H,4-5H2,1-2H3,(H,10,11,12). The molecule has 0 bridgehead atoms. The second kappa shape index (κ2) is 3.40. The fraction of sp³-hybridized carbons (Fsp3) is 0.667. The largest absolute Gasteiger partial charge is 0.337 e. The molecular weight excluding hydrogens is 180 g/mol. The molecule has 0 radical (unpaired) electrons. The summed E-state index contributed by atoms with van der Waals surface area (Å²) in [4.78, 5) is 13.6. The smallest absolute Gasteiger partial charge is 0.276 e. The van der Waals surface area contributed by atoms with E-state index in [9.17, 15) is 4.79 Å². The third kappa shape index (κ3) is 1.49. The first-order valence-electron chi connectivity index (χ1n) is 4.83. The molecule has 76 valence electrons. The maximum Gasteiger partial charge on any atom is 0.276 e. The Labute approximate surface area is 82.5 Å². The molecule has 0 saturated carbocycles. The first-order valence-corrected chi connectivity index (χ1v) is 4.83. The molecular formula is C9H14N4O. The Morgan fingerprint density at radius 1 is 1.50 bits per heavy atom. The third-order valence-electron chi connectivity index (χ3n) is 2.91. The van der Waals surface area contributed by atoms with Gasteiger partial charge in [-0.05, 0) is 11.8 Å². The van der Waals surface area contributed by atoms with Crippen molar-refractivity contribution < 1.29 is 4.79 Å². The maximum absolute atomic E-state index is 11.8. The van der Waals surface area contributed by atoms with E-state index < -0.39 is 0 Å². The minimum atomic E-state index is -0.0186. The van der Waals surface area contributed by atoms with Crippen molar-refractivity contribution in [2.45, 2.75) is 13.8 Å². The van der Waals surface area contributed by atoms with Gasteiger partial charge in [0.2, 0.25) is 0 Å². The van der Waals surface area contributed by atoms with E-state index in [0.29, 0.717) is 17.5 Å². The number of amides is 1. The van der Waals surface area contributed by atoms with E-state index in [1.165, 1.54) is 6.20 Å². The van der Waals surface area contributed by atoms with Gasteiger partial charge in [0.05, 0.1) is 6.20 Å². The number of carbonyl (C=O) groups excluding carboxylic acids is 1. The van der Waals surface area contributed by atoms with Crippen LogP contribution in [0, 0.1) is 11.8 Å². The van der Waals surface area contributed by atoms with Gasteiger partial charge in [0, 0.05) is 13.1 Å². The summed E-state index contributed by atoms with van der Waals surface area (Å²) >= 11 is 0. The van der Waals surface area contributed by atoms with Gasteiger partial charge in [-0.2, -0.15) is 15.4 Å². The highest BCUT2D eigenvalue weighted by atomic mass is 16.2. The Bertz CT molecular complexity index is 312. The molecule has 1 aliphatic heterocycles. The first kappa shape index (κ1) is 9.18. The zero-order valence-electron chi connectivity index (χ0n) is 8.40. The zero-order valence-corrected chi connectivity index (χ0v) is 8.40. The van der Waals surface area contributed by atoms with Crippen molar-refractivity contribution in [2.24, 2.45) is 11.8 Å². The van der Waals surface area contributed by atoms with Crippen molar-refractivity contribution in [1.29, 1.82) is 0 Å². The van der Waals surface area contributed by atoms with Gasteiger partial charge < -0.3 is 4.90 Å². The van der Waals surface area contributed by atoms with Crippen LogP contribution in [0.25, 0.3) is 0 Å². The average Bonchev–Trinajstić information content (AvgIpc) is 2.76. The van der Waals surface area contributed by atoms with Crippen LogP contribution in [0.15, 0.2) is 6.20 Å². The molecule has 14 heavy (non-hydrogen) atoms. The van der Waals surface area contributed by atoms with Crippen LogP contribution in [-0.4, -0.2) is 39.3 Å². The molecule has 5 nitrogen and oxygen atoms in total. The fourth-order valence-electron chi connectivity index (χ4n) is 1.76. The van der Waals surface area contributed by atoms with E-state index in [1.54, 1.807) is 0 Å². The van der Waals surface area contributed by atoms with Gasteiger partial charge in [-0.15, -0.1) is 0 Å². The number of hydrogen-bond acceptors (Lipinski definition) is 3. The van der Waals surface area contributed by atoms with Crippen LogP contribution >= 0.6 is 0 Å². The van der Waals surface area contributed by atoms with Crippen LogP contribution in [0.1, 0.15) is 24.3 Å². The summed E-state index contributed by atoms with van der Waals surface area (Å²) in [6.45, 7) is 5.99. The van der Waals surface area contributed by atoms with Crippen molar-refractivity contribution >= 4 is 5.91 Å².